The van der Waals surface area contributed by atoms with Crippen molar-refractivity contribution in [1.82, 2.24) is 4.72 Å². The molecule has 0 fully saturated rings. The molecule has 1 unspecified atom stereocenters. The largest absolute Gasteiger partial charge is 0.392 e. The number of rotatable bonds is 7. The molecule has 9 heteroatoms. The molecule has 0 saturated heterocycles. The third-order valence-corrected chi connectivity index (χ3v) is 4.13. The molecule has 118 valence electrons. The Morgan fingerprint density at radius 3 is 2.52 bits per heavy atom. The highest BCUT2D eigenvalue weighted by Crippen LogP contribution is 2.20. The quantitative estimate of drug-likeness (QED) is 0.583. The van der Waals surface area contributed by atoms with Crippen molar-refractivity contribution < 1.29 is 22.8 Å². The summed E-state index contributed by atoms with van der Waals surface area (Å²) in [7, 11) is -4.17. The van der Waals surface area contributed by atoms with Crippen molar-refractivity contribution in [3.63, 3.8) is 0 Å². The summed E-state index contributed by atoms with van der Waals surface area (Å²) in [5.41, 5.74) is -0.536. The number of non-ortho nitro benzene ring substituents is 1. The van der Waals surface area contributed by atoms with Crippen LogP contribution in [-0.4, -0.2) is 31.1 Å². The Morgan fingerprint density at radius 2 is 2.05 bits per heavy atom. The molecule has 0 spiro atoms. The van der Waals surface area contributed by atoms with Crippen LogP contribution in [0.2, 0.25) is 0 Å². The summed E-state index contributed by atoms with van der Waals surface area (Å²) in [6, 6.07) is 2.27. The van der Waals surface area contributed by atoms with Gasteiger partial charge in [-0.25, -0.2) is 17.5 Å². The van der Waals surface area contributed by atoms with E-state index in [1.807, 2.05) is 13.8 Å². The van der Waals surface area contributed by atoms with Crippen LogP contribution in [0.1, 0.15) is 20.3 Å². The summed E-state index contributed by atoms with van der Waals surface area (Å²) < 4.78 is 39.5. The molecule has 0 saturated carbocycles. The predicted octanol–water partition coefficient (Wildman–Crippen LogP) is 1.42. The molecule has 21 heavy (non-hydrogen) atoms. The van der Waals surface area contributed by atoms with E-state index in [0.717, 1.165) is 12.1 Å². The van der Waals surface area contributed by atoms with E-state index < -0.39 is 37.5 Å². The lowest BCUT2D eigenvalue weighted by Crippen LogP contribution is -2.33. The zero-order valence-corrected chi connectivity index (χ0v) is 12.4. The number of halogens is 1. The first-order valence-corrected chi connectivity index (χ1v) is 7.73. The van der Waals surface area contributed by atoms with E-state index in [4.69, 9.17) is 0 Å². The maximum Gasteiger partial charge on any atom is 0.272 e. The molecule has 0 bridgehead atoms. The van der Waals surface area contributed by atoms with Gasteiger partial charge >= 0.3 is 0 Å². The van der Waals surface area contributed by atoms with Crippen molar-refractivity contribution in [3.05, 3.63) is 34.1 Å². The monoisotopic (exact) mass is 320 g/mol. The number of hydrogen-bond acceptors (Lipinski definition) is 5. The lowest BCUT2D eigenvalue weighted by Gasteiger charge is -2.14. The molecule has 0 aliphatic heterocycles. The molecule has 1 aromatic carbocycles. The van der Waals surface area contributed by atoms with Crippen molar-refractivity contribution in [3.8, 4) is 0 Å². The Balaban J connectivity index is 2.86. The minimum atomic E-state index is -4.17. The fourth-order valence-electron chi connectivity index (χ4n) is 1.73. The van der Waals surface area contributed by atoms with Gasteiger partial charge in [0.1, 0.15) is 10.7 Å². The summed E-state index contributed by atoms with van der Waals surface area (Å²) in [4.78, 5) is 8.96. The molecule has 1 rings (SSSR count). The molecular weight excluding hydrogens is 303 g/mol. The average Bonchev–Trinajstić information content (AvgIpc) is 2.35. The van der Waals surface area contributed by atoms with Crippen LogP contribution in [0, 0.1) is 21.8 Å². The van der Waals surface area contributed by atoms with Gasteiger partial charge in [-0.3, -0.25) is 10.1 Å². The van der Waals surface area contributed by atoms with Crippen LogP contribution in [0.15, 0.2) is 23.1 Å². The number of hydrogen-bond donors (Lipinski definition) is 2. The van der Waals surface area contributed by atoms with Crippen LogP contribution in [0.3, 0.4) is 0 Å². The van der Waals surface area contributed by atoms with E-state index >= 15 is 0 Å². The standard InChI is InChI=1S/C12H17FN2O5S/c1-8(2)5-10(16)7-14-21(19,20)12-4-3-9(15(17)18)6-11(12)13/h3-4,6,8,10,14,16H,5,7H2,1-2H3. The van der Waals surface area contributed by atoms with Crippen LogP contribution in [0.5, 0.6) is 0 Å². The number of nitrogens with zero attached hydrogens (tertiary/aromatic N) is 1. The van der Waals surface area contributed by atoms with Gasteiger partial charge in [0.15, 0.2) is 0 Å². The fourth-order valence-corrected chi connectivity index (χ4v) is 2.86. The summed E-state index contributed by atoms with van der Waals surface area (Å²) >= 11 is 0. The molecule has 1 aromatic rings. The highest BCUT2D eigenvalue weighted by molar-refractivity contribution is 7.89. The third kappa shape index (κ3) is 5.03. The topological polar surface area (TPSA) is 110 Å². The van der Waals surface area contributed by atoms with Crippen LogP contribution >= 0.6 is 0 Å². The van der Waals surface area contributed by atoms with Gasteiger partial charge in [-0.1, -0.05) is 13.8 Å². The zero-order chi connectivity index (χ0) is 16.2. The molecule has 0 heterocycles. The van der Waals surface area contributed by atoms with Crippen LogP contribution in [0.4, 0.5) is 10.1 Å². The van der Waals surface area contributed by atoms with E-state index in [-0.39, 0.29) is 12.5 Å². The zero-order valence-electron chi connectivity index (χ0n) is 11.6. The van der Waals surface area contributed by atoms with Crippen molar-refractivity contribution in [1.29, 1.82) is 0 Å². The maximum atomic E-state index is 13.7. The Kier molecular flexibility index (Phi) is 5.76. The van der Waals surface area contributed by atoms with E-state index in [2.05, 4.69) is 4.72 Å². The van der Waals surface area contributed by atoms with Gasteiger partial charge in [-0.2, -0.15) is 0 Å². The lowest BCUT2D eigenvalue weighted by atomic mass is 10.1. The number of benzene rings is 1. The molecule has 0 aliphatic carbocycles. The summed E-state index contributed by atoms with van der Waals surface area (Å²) in [5, 5.41) is 20.1. The second kappa shape index (κ2) is 6.92. The van der Waals surface area contributed by atoms with Gasteiger partial charge in [-0.15, -0.1) is 0 Å². The van der Waals surface area contributed by atoms with Crippen molar-refractivity contribution >= 4 is 15.7 Å². The molecule has 2 N–H and O–H groups in total. The molecular formula is C12H17FN2O5S. The first-order valence-electron chi connectivity index (χ1n) is 6.25. The van der Waals surface area contributed by atoms with E-state index in [0.29, 0.717) is 12.5 Å². The van der Waals surface area contributed by atoms with E-state index in [1.165, 1.54) is 0 Å². The molecule has 0 aromatic heterocycles. The molecule has 0 radical (unpaired) electrons. The van der Waals surface area contributed by atoms with Crippen LogP contribution < -0.4 is 4.72 Å². The predicted molar refractivity (Wildman–Crippen MR) is 73.7 cm³/mol. The van der Waals surface area contributed by atoms with Gasteiger partial charge in [0.2, 0.25) is 10.0 Å². The van der Waals surface area contributed by atoms with Gasteiger partial charge < -0.3 is 5.11 Å². The second-order valence-corrected chi connectivity index (χ2v) is 6.74. The Labute approximate surface area is 122 Å². The van der Waals surface area contributed by atoms with Gasteiger partial charge in [0.05, 0.1) is 17.1 Å². The smallest absolute Gasteiger partial charge is 0.272 e. The number of aliphatic hydroxyl groups excluding tert-OH is 1. The summed E-state index contributed by atoms with van der Waals surface area (Å²) in [6.45, 7) is 3.48. The van der Waals surface area contributed by atoms with Gasteiger partial charge in [-0.05, 0) is 18.4 Å². The van der Waals surface area contributed by atoms with Gasteiger partial charge in [0.25, 0.3) is 5.69 Å². The highest BCUT2D eigenvalue weighted by atomic mass is 32.2. The van der Waals surface area contributed by atoms with Crippen molar-refractivity contribution in [2.75, 3.05) is 6.54 Å². The Hall–Kier alpha value is -1.58. The molecule has 7 nitrogen and oxygen atoms in total. The summed E-state index contributed by atoms with van der Waals surface area (Å²) in [5.74, 6) is -1.03. The van der Waals surface area contributed by atoms with Crippen LogP contribution in [-0.2, 0) is 10.0 Å². The third-order valence-electron chi connectivity index (χ3n) is 2.67. The Bertz CT molecular complexity index is 618. The number of nitro groups is 1. The minimum absolute atomic E-state index is 0.181. The lowest BCUT2D eigenvalue weighted by molar-refractivity contribution is -0.385. The van der Waals surface area contributed by atoms with E-state index in [1.54, 1.807) is 0 Å². The van der Waals surface area contributed by atoms with Crippen molar-refractivity contribution in [2.45, 2.75) is 31.3 Å². The normalized spacial score (nSPS) is 13.4. The highest BCUT2D eigenvalue weighted by Gasteiger charge is 2.22. The SMILES string of the molecule is CC(C)CC(O)CNS(=O)(=O)c1ccc([N+](=O)[O-])cc1F. The molecule has 1 atom stereocenters. The number of aliphatic hydroxyl groups is 1. The first-order chi connectivity index (χ1) is 9.63. The molecule has 0 aliphatic rings. The van der Waals surface area contributed by atoms with Gasteiger partial charge in [0, 0.05) is 12.6 Å². The Morgan fingerprint density at radius 1 is 1.43 bits per heavy atom. The maximum absolute atomic E-state index is 13.7. The second-order valence-electron chi connectivity index (χ2n) is 5.01. The molecule has 0 amide bonds. The number of sulfonamides is 1. The summed E-state index contributed by atoms with van der Waals surface area (Å²) in [6.07, 6.45) is -0.494. The van der Waals surface area contributed by atoms with Crippen molar-refractivity contribution in [2.24, 2.45) is 5.92 Å². The average molecular weight is 320 g/mol. The van der Waals surface area contributed by atoms with E-state index in [9.17, 15) is 28.0 Å². The minimum Gasteiger partial charge on any atom is -0.392 e. The fraction of sp³-hybridized carbons (Fsp3) is 0.500. The number of nitro benzene ring substituents is 1. The first kappa shape index (κ1) is 17.5. The van der Waals surface area contributed by atoms with Crippen LogP contribution in [0.25, 0.3) is 0 Å². The number of nitrogens with one attached hydrogen (secondary N) is 1.